The van der Waals surface area contributed by atoms with Gasteiger partial charge in [-0.25, -0.2) is 0 Å². The number of amides is 1. The summed E-state index contributed by atoms with van der Waals surface area (Å²) in [5.41, 5.74) is 0.976. The zero-order valence-electron chi connectivity index (χ0n) is 15.5. The Balaban J connectivity index is 4.05. The smallest absolute Gasteiger partial charge is 0.244 e. The highest BCUT2D eigenvalue weighted by molar-refractivity contribution is 5.88. The van der Waals surface area contributed by atoms with Crippen LogP contribution in [-0.2, 0) is 9.53 Å². The molecule has 0 aromatic carbocycles. The summed E-state index contributed by atoms with van der Waals surface area (Å²) in [4.78, 5) is 11.6. The van der Waals surface area contributed by atoms with Crippen molar-refractivity contribution in [3.05, 3.63) is 23.8 Å². The summed E-state index contributed by atoms with van der Waals surface area (Å²) in [7, 11) is 1.77. The van der Waals surface area contributed by atoms with Crippen LogP contribution in [0.25, 0.3) is 0 Å². The third-order valence-corrected chi connectivity index (χ3v) is 3.74. The molecule has 3 heteroatoms. The molecule has 1 atom stereocenters. The third kappa shape index (κ3) is 11.6. The van der Waals surface area contributed by atoms with Gasteiger partial charge in [-0.15, -0.1) is 0 Å². The lowest BCUT2D eigenvalue weighted by Crippen LogP contribution is -2.28. The van der Waals surface area contributed by atoms with Gasteiger partial charge in [0.15, 0.2) is 0 Å². The van der Waals surface area contributed by atoms with Crippen molar-refractivity contribution in [1.29, 1.82) is 0 Å². The first-order chi connectivity index (χ1) is 10.2. The fourth-order valence-corrected chi connectivity index (χ4v) is 2.16. The van der Waals surface area contributed by atoms with E-state index in [0.29, 0.717) is 5.92 Å². The first kappa shape index (κ1) is 20.9. The van der Waals surface area contributed by atoms with Crippen molar-refractivity contribution in [2.45, 2.75) is 78.9 Å². The van der Waals surface area contributed by atoms with Crippen LogP contribution >= 0.6 is 0 Å². The summed E-state index contributed by atoms with van der Waals surface area (Å²) < 4.78 is 5.44. The molecule has 0 rings (SSSR count). The minimum Gasteiger partial charge on any atom is -0.379 e. The molecule has 0 aliphatic heterocycles. The van der Waals surface area contributed by atoms with Gasteiger partial charge in [0.2, 0.25) is 5.91 Å². The molecule has 0 saturated carbocycles. The maximum Gasteiger partial charge on any atom is 0.244 e. The Kier molecular flexibility index (Phi) is 10.1. The van der Waals surface area contributed by atoms with E-state index < -0.39 is 0 Å². The molecule has 0 aliphatic rings. The number of methoxy groups -OCH3 is 1. The number of rotatable bonds is 10. The SMILES string of the molecule is COC(C)(C)CCCC(C)C/C=C/C(C)=C/C(=O)NC(C)C. The van der Waals surface area contributed by atoms with Gasteiger partial charge in [-0.3, -0.25) is 4.79 Å². The first-order valence-electron chi connectivity index (χ1n) is 8.36. The van der Waals surface area contributed by atoms with E-state index in [9.17, 15) is 4.79 Å². The summed E-state index contributed by atoms with van der Waals surface area (Å²) in [6.07, 6.45) is 10.4. The van der Waals surface area contributed by atoms with E-state index in [1.807, 2.05) is 26.8 Å². The van der Waals surface area contributed by atoms with Crippen LogP contribution in [-0.4, -0.2) is 24.7 Å². The Morgan fingerprint density at radius 3 is 2.45 bits per heavy atom. The molecule has 0 aromatic heterocycles. The van der Waals surface area contributed by atoms with Gasteiger partial charge in [0, 0.05) is 19.2 Å². The fraction of sp³-hybridized carbons (Fsp3) is 0.737. The predicted octanol–water partition coefficient (Wildman–Crippen LogP) is 4.64. The van der Waals surface area contributed by atoms with Gasteiger partial charge in [0.05, 0.1) is 5.60 Å². The van der Waals surface area contributed by atoms with Crippen LogP contribution in [0.3, 0.4) is 0 Å². The molecular formula is C19H35NO2. The molecule has 0 radical (unpaired) electrons. The first-order valence-corrected chi connectivity index (χ1v) is 8.36. The van der Waals surface area contributed by atoms with Crippen LogP contribution in [0.2, 0.25) is 0 Å². The molecule has 0 aliphatic carbocycles. The van der Waals surface area contributed by atoms with Gasteiger partial charge in [0.1, 0.15) is 0 Å². The zero-order chi connectivity index (χ0) is 17.2. The maximum absolute atomic E-state index is 11.6. The van der Waals surface area contributed by atoms with E-state index in [1.54, 1.807) is 13.2 Å². The summed E-state index contributed by atoms with van der Waals surface area (Å²) in [6.45, 7) is 12.4. The van der Waals surface area contributed by atoms with Gasteiger partial charge in [-0.2, -0.15) is 0 Å². The van der Waals surface area contributed by atoms with Crippen LogP contribution in [0, 0.1) is 5.92 Å². The second kappa shape index (κ2) is 10.6. The lowest BCUT2D eigenvalue weighted by Gasteiger charge is -2.23. The number of carbonyl (C=O) groups is 1. The molecule has 0 heterocycles. The van der Waals surface area contributed by atoms with Crippen molar-refractivity contribution in [3.8, 4) is 0 Å². The average molecular weight is 309 g/mol. The van der Waals surface area contributed by atoms with Crippen molar-refractivity contribution < 1.29 is 9.53 Å². The summed E-state index contributed by atoms with van der Waals surface area (Å²) in [6, 6.07) is 0.178. The second-order valence-corrected chi connectivity index (χ2v) is 7.15. The van der Waals surface area contributed by atoms with Crippen molar-refractivity contribution >= 4 is 5.91 Å². The molecular weight excluding hydrogens is 274 g/mol. The van der Waals surface area contributed by atoms with E-state index in [4.69, 9.17) is 4.74 Å². The number of allylic oxidation sites excluding steroid dienone is 3. The largest absolute Gasteiger partial charge is 0.379 e. The lowest BCUT2D eigenvalue weighted by molar-refractivity contribution is -0.117. The minimum atomic E-state index is -0.0213. The average Bonchev–Trinajstić information content (AvgIpc) is 2.37. The minimum absolute atomic E-state index is 0.0152. The highest BCUT2D eigenvalue weighted by Gasteiger charge is 2.15. The normalized spacial score (nSPS) is 14.6. The van der Waals surface area contributed by atoms with E-state index >= 15 is 0 Å². The molecule has 1 amide bonds. The van der Waals surface area contributed by atoms with Crippen LogP contribution in [0.15, 0.2) is 23.8 Å². The lowest BCUT2D eigenvalue weighted by atomic mass is 9.95. The van der Waals surface area contributed by atoms with Gasteiger partial charge in [0.25, 0.3) is 0 Å². The third-order valence-electron chi connectivity index (χ3n) is 3.74. The van der Waals surface area contributed by atoms with E-state index in [-0.39, 0.29) is 17.6 Å². The quantitative estimate of drug-likeness (QED) is 0.472. The van der Waals surface area contributed by atoms with Crippen LogP contribution in [0.4, 0.5) is 0 Å². The fourth-order valence-electron chi connectivity index (χ4n) is 2.16. The number of nitrogens with one attached hydrogen (secondary N) is 1. The topological polar surface area (TPSA) is 38.3 Å². The highest BCUT2D eigenvalue weighted by atomic mass is 16.5. The Hall–Kier alpha value is -1.09. The Labute approximate surface area is 137 Å². The molecule has 1 N–H and O–H groups in total. The molecule has 0 aromatic rings. The molecule has 1 unspecified atom stereocenters. The predicted molar refractivity (Wildman–Crippen MR) is 94.9 cm³/mol. The Morgan fingerprint density at radius 1 is 1.27 bits per heavy atom. The molecule has 22 heavy (non-hydrogen) atoms. The monoisotopic (exact) mass is 309 g/mol. The summed E-state index contributed by atoms with van der Waals surface area (Å²) in [5.74, 6) is 0.633. The standard InChI is InChI=1S/C19H35NO2/c1-15(2)20-18(21)14-17(4)11-8-10-16(3)12-9-13-19(5,6)22-7/h8,11,14-16H,9-10,12-13H2,1-7H3,(H,20,21)/b11-8+,17-14+. The van der Waals surface area contributed by atoms with Crippen molar-refractivity contribution in [1.82, 2.24) is 5.32 Å². The van der Waals surface area contributed by atoms with Gasteiger partial charge >= 0.3 is 0 Å². The van der Waals surface area contributed by atoms with Crippen LogP contribution in [0.5, 0.6) is 0 Å². The summed E-state index contributed by atoms with van der Waals surface area (Å²) >= 11 is 0. The summed E-state index contributed by atoms with van der Waals surface area (Å²) in [5, 5.41) is 2.86. The molecule has 128 valence electrons. The second-order valence-electron chi connectivity index (χ2n) is 7.15. The van der Waals surface area contributed by atoms with E-state index in [2.05, 4.69) is 32.2 Å². The van der Waals surface area contributed by atoms with Gasteiger partial charge < -0.3 is 10.1 Å². The van der Waals surface area contributed by atoms with Crippen LogP contribution in [0.1, 0.15) is 67.2 Å². The van der Waals surface area contributed by atoms with Crippen molar-refractivity contribution in [2.75, 3.05) is 7.11 Å². The Morgan fingerprint density at radius 2 is 1.91 bits per heavy atom. The van der Waals surface area contributed by atoms with Crippen LogP contribution < -0.4 is 5.32 Å². The highest BCUT2D eigenvalue weighted by Crippen LogP contribution is 2.20. The van der Waals surface area contributed by atoms with Gasteiger partial charge in [-0.1, -0.05) is 31.9 Å². The number of carbonyl (C=O) groups excluding carboxylic acids is 1. The molecule has 0 spiro atoms. The van der Waals surface area contributed by atoms with E-state index in [0.717, 1.165) is 18.4 Å². The molecule has 0 saturated heterocycles. The van der Waals surface area contributed by atoms with Crippen molar-refractivity contribution in [3.63, 3.8) is 0 Å². The number of hydrogen-bond acceptors (Lipinski definition) is 2. The molecule has 0 fully saturated rings. The number of ether oxygens (including phenoxy) is 1. The molecule has 0 bridgehead atoms. The van der Waals surface area contributed by atoms with Crippen molar-refractivity contribution in [2.24, 2.45) is 5.92 Å². The maximum atomic E-state index is 11.6. The van der Waals surface area contributed by atoms with Gasteiger partial charge in [-0.05, 0) is 59.0 Å². The zero-order valence-corrected chi connectivity index (χ0v) is 15.5. The van der Waals surface area contributed by atoms with E-state index in [1.165, 1.54) is 12.8 Å². The number of hydrogen-bond donors (Lipinski definition) is 1. The molecule has 3 nitrogen and oxygen atoms in total. The Bertz CT molecular complexity index is 381.